The van der Waals surface area contributed by atoms with Crippen LogP contribution in [0.1, 0.15) is 12.5 Å². The minimum atomic E-state index is -0.775. The molecule has 2 aromatic carbocycles. The number of ether oxygens (including phenoxy) is 1. The van der Waals surface area contributed by atoms with Gasteiger partial charge in [-0.15, -0.1) is 0 Å². The van der Waals surface area contributed by atoms with Crippen molar-refractivity contribution in [2.75, 3.05) is 11.5 Å². The van der Waals surface area contributed by atoms with Crippen molar-refractivity contribution in [3.63, 3.8) is 0 Å². The molecule has 1 fully saturated rings. The maximum absolute atomic E-state index is 12.8. The normalized spacial score (nSPS) is 16.0. The molecule has 0 bridgehead atoms. The minimum Gasteiger partial charge on any atom is -0.494 e. The lowest BCUT2D eigenvalue weighted by atomic mass is 10.1. The van der Waals surface area contributed by atoms with Crippen LogP contribution in [0.25, 0.3) is 6.08 Å². The molecular formula is C19H15BrN2O4. The summed E-state index contributed by atoms with van der Waals surface area (Å²) in [6.45, 7) is 2.37. The first-order valence-electron chi connectivity index (χ1n) is 7.89. The second-order valence-electron chi connectivity index (χ2n) is 5.44. The zero-order valence-corrected chi connectivity index (χ0v) is 15.4. The fourth-order valence-electron chi connectivity index (χ4n) is 2.51. The van der Waals surface area contributed by atoms with Crippen LogP contribution >= 0.6 is 15.9 Å². The van der Waals surface area contributed by atoms with E-state index in [0.29, 0.717) is 23.6 Å². The molecule has 1 aliphatic heterocycles. The smallest absolute Gasteiger partial charge is 0.335 e. The molecule has 0 atom stereocenters. The minimum absolute atomic E-state index is 0.124. The molecule has 1 heterocycles. The Morgan fingerprint density at radius 1 is 1.12 bits per heavy atom. The van der Waals surface area contributed by atoms with Gasteiger partial charge in [-0.05, 0) is 55.0 Å². The molecule has 132 valence electrons. The van der Waals surface area contributed by atoms with Crippen LogP contribution in [0.15, 0.2) is 58.6 Å². The van der Waals surface area contributed by atoms with Gasteiger partial charge in [-0.3, -0.25) is 14.9 Å². The Labute approximate surface area is 158 Å². The van der Waals surface area contributed by atoms with Gasteiger partial charge in [-0.2, -0.15) is 0 Å². The molecule has 1 saturated heterocycles. The lowest BCUT2D eigenvalue weighted by Crippen LogP contribution is -2.54. The van der Waals surface area contributed by atoms with E-state index in [-0.39, 0.29) is 5.57 Å². The number of nitrogens with one attached hydrogen (secondary N) is 1. The van der Waals surface area contributed by atoms with E-state index >= 15 is 0 Å². The first kappa shape index (κ1) is 17.9. The maximum Gasteiger partial charge on any atom is 0.335 e. The van der Waals surface area contributed by atoms with Gasteiger partial charge in [-0.1, -0.05) is 28.1 Å². The van der Waals surface area contributed by atoms with Crippen LogP contribution in [0.5, 0.6) is 5.75 Å². The Morgan fingerprint density at radius 3 is 2.54 bits per heavy atom. The molecule has 1 aliphatic rings. The molecule has 6 nitrogen and oxygen atoms in total. The summed E-state index contributed by atoms with van der Waals surface area (Å²) >= 11 is 3.30. The van der Waals surface area contributed by atoms with Gasteiger partial charge < -0.3 is 4.74 Å². The number of hydrogen-bond donors (Lipinski definition) is 1. The zero-order valence-electron chi connectivity index (χ0n) is 13.9. The predicted molar refractivity (Wildman–Crippen MR) is 101 cm³/mol. The van der Waals surface area contributed by atoms with Gasteiger partial charge in [0.2, 0.25) is 0 Å². The molecule has 0 unspecified atom stereocenters. The molecule has 0 aliphatic carbocycles. The van der Waals surface area contributed by atoms with Crippen LogP contribution < -0.4 is 15.0 Å². The summed E-state index contributed by atoms with van der Waals surface area (Å²) in [7, 11) is 0. The van der Waals surface area contributed by atoms with E-state index in [1.165, 1.54) is 6.08 Å². The number of nitrogens with zero attached hydrogens (tertiary/aromatic N) is 1. The number of anilines is 1. The molecule has 2 aromatic rings. The number of imide groups is 2. The highest BCUT2D eigenvalue weighted by Gasteiger charge is 2.36. The van der Waals surface area contributed by atoms with Gasteiger partial charge in [-0.25, -0.2) is 9.69 Å². The first-order chi connectivity index (χ1) is 12.5. The Hall–Kier alpha value is -2.93. The molecule has 7 heteroatoms. The summed E-state index contributed by atoms with van der Waals surface area (Å²) in [6.07, 6.45) is 1.44. The van der Waals surface area contributed by atoms with Crippen LogP contribution in [0.4, 0.5) is 10.5 Å². The average Bonchev–Trinajstić information content (AvgIpc) is 2.61. The van der Waals surface area contributed by atoms with Crippen molar-refractivity contribution in [3.8, 4) is 5.75 Å². The Morgan fingerprint density at radius 2 is 1.85 bits per heavy atom. The summed E-state index contributed by atoms with van der Waals surface area (Å²) in [5.74, 6) is -0.774. The van der Waals surface area contributed by atoms with E-state index in [0.717, 1.165) is 9.37 Å². The van der Waals surface area contributed by atoms with Gasteiger partial charge in [0.25, 0.3) is 11.8 Å². The monoisotopic (exact) mass is 414 g/mol. The molecule has 1 N–H and O–H groups in total. The number of halogens is 1. The third kappa shape index (κ3) is 3.67. The number of hydrogen-bond acceptors (Lipinski definition) is 4. The average molecular weight is 415 g/mol. The quantitative estimate of drug-likeness (QED) is 0.613. The van der Waals surface area contributed by atoms with E-state index in [1.54, 1.807) is 48.5 Å². The topological polar surface area (TPSA) is 75.7 Å². The molecule has 4 amide bonds. The summed E-state index contributed by atoms with van der Waals surface area (Å²) in [5, 5.41) is 2.20. The number of carbonyl (C=O) groups is 3. The maximum atomic E-state index is 12.8. The van der Waals surface area contributed by atoms with Crippen molar-refractivity contribution in [1.29, 1.82) is 0 Å². The Bertz CT molecular complexity index is 906. The Balaban J connectivity index is 1.97. The lowest BCUT2D eigenvalue weighted by Gasteiger charge is -2.26. The van der Waals surface area contributed by atoms with Crippen LogP contribution in [0.3, 0.4) is 0 Å². The lowest BCUT2D eigenvalue weighted by molar-refractivity contribution is -0.122. The number of urea groups is 1. The number of barbiturate groups is 1. The van der Waals surface area contributed by atoms with Crippen molar-refractivity contribution in [2.24, 2.45) is 0 Å². The number of carbonyl (C=O) groups excluding carboxylic acids is 3. The van der Waals surface area contributed by atoms with Crippen LogP contribution in [-0.2, 0) is 9.59 Å². The number of rotatable bonds is 4. The van der Waals surface area contributed by atoms with Gasteiger partial charge in [0, 0.05) is 4.47 Å². The number of amides is 4. The highest BCUT2D eigenvalue weighted by atomic mass is 79.9. The summed E-state index contributed by atoms with van der Waals surface area (Å²) in [4.78, 5) is 38.0. The standard InChI is InChI=1S/C19H15BrN2O4/c1-2-26-15-5-3-4-12(10-15)11-16-17(23)21-19(25)22(18(16)24)14-8-6-13(20)7-9-14/h3-11H,2H2,1H3,(H,21,23,25)/b16-11-. The van der Waals surface area contributed by atoms with Gasteiger partial charge in [0.05, 0.1) is 12.3 Å². The molecular weight excluding hydrogens is 400 g/mol. The number of benzene rings is 2. The summed E-state index contributed by atoms with van der Waals surface area (Å²) in [5.41, 5.74) is 0.873. The van der Waals surface area contributed by atoms with Gasteiger partial charge in [0.1, 0.15) is 11.3 Å². The first-order valence-corrected chi connectivity index (χ1v) is 8.69. The van der Waals surface area contributed by atoms with Crippen molar-refractivity contribution in [1.82, 2.24) is 5.32 Å². The van der Waals surface area contributed by atoms with Crippen molar-refractivity contribution < 1.29 is 19.1 Å². The molecule has 0 radical (unpaired) electrons. The molecule has 3 rings (SSSR count). The fourth-order valence-corrected chi connectivity index (χ4v) is 2.77. The molecule has 26 heavy (non-hydrogen) atoms. The van der Waals surface area contributed by atoms with Crippen LogP contribution in [0, 0.1) is 0 Å². The second kappa shape index (κ2) is 7.53. The third-order valence-corrected chi connectivity index (χ3v) is 4.20. The van der Waals surface area contributed by atoms with Gasteiger partial charge >= 0.3 is 6.03 Å². The Kier molecular flexibility index (Phi) is 5.18. The predicted octanol–water partition coefficient (Wildman–Crippen LogP) is 3.51. The van der Waals surface area contributed by atoms with Crippen molar-refractivity contribution in [2.45, 2.75) is 6.92 Å². The highest BCUT2D eigenvalue weighted by Crippen LogP contribution is 2.24. The SMILES string of the molecule is CCOc1cccc(/C=C2/C(=O)NC(=O)N(c3ccc(Br)cc3)C2=O)c1. The van der Waals surface area contributed by atoms with E-state index in [4.69, 9.17) is 4.74 Å². The van der Waals surface area contributed by atoms with E-state index < -0.39 is 17.8 Å². The van der Waals surface area contributed by atoms with Crippen molar-refractivity contribution in [3.05, 3.63) is 64.1 Å². The zero-order chi connectivity index (χ0) is 18.7. The molecule has 0 spiro atoms. The largest absolute Gasteiger partial charge is 0.494 e. The van der Waals surface area contributed by atoms with Crippen LogP contribution in [0.2, 0.25) is 0 Å². The van der Waals surface area contributed by atoms with Crippen LogP contribution in [-0.4, -0.2) is 24.5 Å². The fraction of sp³-hybridized carbons (Fsp3) is 0.105. The second-order valence-corrected chi connectivity index (χ2v) is 6.36. The van der Waals surface area contributed by atoms with E-state index in [1.807, 2.05) is 6.92 Å². The van der Waals surface area contributed by atoms with Gasteiger partial charge in [0.15, 0.2) is 0 Å². The summed E-state index contributed by atoms with van der Waals surface area (Å²) < 4.78 is 6.24. The molecule has 0 saturated carbocycles. The van der Waals surface area contributed by atoms with E-state index in [9.17, 15) is 14.4 Å². The highest BCUT2D eigenvalue weighted by molar-refractivity contribution is 9.10. The molecule has 0 aromatic heterocycles. The van der Waals surface area contributed by atoms with Crippen molar-refractivity contribution >= 4 is 45.5 Å². The van der Waals surface area contributed by atoms with E-state index in [2.05, 4.69) is 21.2 Å². The third-order valence-electron chi connectivity index (χ3n) is 3.67. The summed E-state index contributed by atoms with van der Waals surface area (Å²) in [6, 6.07) is 12.9.